The van der Waals surface area contributed by atoms with E-state index in [1.165, 1.54) is 16.3 Å². The lowest BCUT2D eigenvalue weighted by atomic mass is 9.93. The van der Waals surface area contributed by atoms with Gasteiger partial charge in [-0.05, 0) is 59.2 Å². The summed E-state index contributed by atoms with van der Waals surface area (Å²) in [6.07, 6.45) is -0.305. The van der Waals surface area contributed by atoms with Crippen LogP contribution in [0.3, 0.4) is 0 Å². The maximum absolute atomic E-state index is 6.62. The molecule has 1 N–H and O–H groups in total. The van der Waals surface area contributed by atoms with Crippen LogP contribution in [0.1, 0.15) is 22.9 Å². The van der Waals surface area contributed by atoms with Crippen LogP contribution < -0.4 is 5.32 Å². The first-order valence-electron chi connectivity index (χ1n) is 16.9. The van der Waals surface area contributed by atoms with Gasteiger partial charge in [-0.3, -0.25) is 0 Å². The smallest absolute Gasteiger partial charge is 0.159 e. The van der Waals surface area contributed by atoms with Crippen LogP contribution in [0.5, 0.6) is 0 Å². The molecule has 5 nitrogen and oxygen atoms in total. The number of hydrogen-bond acceptors (Lipinski definition) is 4. The number of para-hydroxylation sites is 3. The molecule has 0 saturated carbocycles. The zero-order valence-electron chi connectivity index (χ0n) is 27.0. The molecular formula is C45H30N4O. The number of amidine groups is 2. The molecule has 0 saturated heterocycles. The summed E-state index contributed by atoms with van der Waals surface area (Å²) >= 11 is 0. The van der Waals surface area contributed by atoms with Crippen molar-refractivity contribution in [2.45, 2.75) is 6.17 Å². The average molecular weight is 643 g/mol. The number of rotatable bonds is 5. The summed E-state index contributed by atoms with van der Waals surface area (Å²) in [7, 11) is 0. The largest absolute Gasteiger partial charge is 0.456 e. The van der Waals surface area contributed by atoms with Crippen LogP contribution in [0.25, 0.3) is 60.6 Å². The van der Waals surface area contributed by atoms with E-state index < -0.39 is 0 Å². The van der Waals surface area contributed by atoms with Gasteiger partial charge in [0, 0.05) is 38.4 Å². The van der Waals surface area contributed by atoms with Crippen LogP contribution >= 0.6 is 0 Å². The Morgan fingerprint density at radius 2 is 1.20 bits per heavy atom. The molecule has 236 valence electrons. The highest BCUT2D eigenvalue weighted by atomic mass is 16.3. The third kappa shape index (κ3) is 4.55. The maximum atomic E-state index is 6.62. The number of benzene rings is 7. The molecule has 1 aliphatic rings. The molecule has 1 aliphatic heterocycles. The fourth-order valence-electron chi connectivity index (χ4n) is 7.42. The number of hydrogen-bond donors (Lipinski definition) is 1. The van der Waals surface area contributed by atoms with E-state index in [1.807, 2.05) is 48.5 Å². The Bertz CT molecular complexity index is 2780. The lowest BCUT2D eigenvalue weighted by Gasteiger charge is -2.24. The number of fused-ring (bicyclic) bond motifs is 6. The van der Waals surface area contributed by atoms with Crippen LogP contribution in [0.15, 0.2) is 184 Å². The normalized spacial score (nSPS) is 14.6. The first-order valence-corrected chi connectivity index (χ1v) is 16.9. The Morgan fingerprint density at radius 1 is 0.520 bits per heavy atom. The molecule has 10 rings (SSSR count). The molecule has 0 amide bonds. The van der Waals surface area contributed by atoms with Crippen molar-refractivity contribution >= 4 is 55.4 Å². The summed E-state index contributed by atoms with van der Waals surface area (Å²) in [6.45, 7) is 0. The van der Waals surface area contributed by atoms with Crippen molar-refractivity contribution in [2.75, 3.05) is 0 Å². The number of furan rings is 1. The van der Waals surface area contributed by atoms with Crippen molar-refractivity contribution in [1.82, 2.24) is 9.88 Å². The van der Waals surface area contributed by atoms with Crippen molar-refractivity contribution in [3.8, 4) is 16.8 Å². The third-order valence-electron chi connectivity index (χ3n) is 9.64. The molecular weight excluding hydrogens is 613 g/mol. The van der Waals surface area contributed by atoms with E-state index >= 15 is 0 Å². The highest BCUT2D eigenvalue weighted by molar-refractivity contribution is 6.23. The number of aromatic nitrogens is 1. The second-order valence-corrected chi connectivity index (χ2v) is 12.6. The lowest BCUT2D eigenvalue weighted by Crippen LogP contribution is -2.33. The van der Waals surface area contributed by atoms with Crippen LogP contribution in [0.2, 0.25) is 0 Å². The van der Waals surface area contributed by atoms with Crippen molar-refractivity contribution in [3.05, 3.63) is 187 Å². The van der Waals surface area contributed by atoms with Gasteiger partial charge in [0.05, 0.1) is 11.0 Å². The zero-order chi connectivity index (χ0) is 33.0. The summed E-state index contributed by atoms with van der Waals surface area (Å²) < 4.78 is 8.99. The number of nitrogens with zero attached hydrogens (tertiary/aromatic N) is 3. The maximum Gasteiger partial charge on any atom is 0.159 e. The van der Waals surface area contributed by atoms with Crippen molar-refractivity contribution in [3.63, 3.8) is 0 Å². The van der Waals surface area contributed by atoms with Crippen molar-refractivity contribution in [1.29, 1.82) is 0 Å². The minimum atomic E-state index is -0.305. The predicted octanol–water partition coefficient (Wildman–Crippen LogP) is 10.8. The van der Waals surface area contributed by atoms with Crippen LogP contribution in [0, 0.1) is 0 Å². The fraction of sp³-hybridized carbons (Fsp3) is 0.0222. The highest BCUT2D eigenvalue weighted by Gasteiger charge is 2.25. The van der Waals surface area contributed by atoms with E-state index in [0.29, 0.717) is 5.84 Å². The van der Waals surface area contributed by atoms with E-state index in [4.69, 9.17) is 14.4 Å². The van der Waals surface area contributed by atoms with Gasteiger partial charge in [-0.25, -0.2) is 9.98 Å². The monoisotopic (exact) mass is 642 g/mol. The van der Waals surface area contributed by atoms with Crippen molar-refractivity contribution in [2.24, 2.45) is 9.98 Å². The SMILES string of the molecule is c1ccc(C2=NC(c3ccccc3)NC(c3cc(-c4cccc5c4c4ccccc4n5-c4ccccc4)c4c(c3)oc3ccccc34)=N2)cc1. The van der Waals surface area contributed by atoms with Crippen LogP contribution in [-0.2, 0) is 0 Å². The minimum absolute atomic E-state index is 0.305. The summed E-state index contributed by atoms with van der Waals surface area (Å²) in [5.41, 5.74) is 10.3. The topological polar surface area (TPSA) is 54.8 Å². The van der Waals surface area contributed by atoms with Crippen LogP contribution in [0.4, 0.5) is 0 Å². The van der Waals surface area contributed by atoms with E-state index in [0.717, 1.165) is 66.8 Å². The molecule has 0 fully saturated rings. The number of nitrogens with one attached hydrogen (secondary N) is 1. The molecule has 2 aromatic heterocycles. The average Bonchev–Trinajstić information content (AvgIpc) is 3.74. The fourth-order valence-corrected chi connectivity index (χ4v) is 7.42. The van der Waals surface area contributed by atoms with E-state index in [-0.39, 0.29) is 6.17 Å². The van der Waals surface area contributed by atoms with Gasteiger partial charge in [0.1, 0.15) is 23.2 Å². The van der Waals surface area contributed by atoms with Crippen LogP contribution in [-0.4, -0.2) is 16.2 Å². The summed E-state index contributed by atoms with van der Waals surface area (Å²) in [5, 5.41) is 8.24. The van der Waals surface area contributed by atoms with Gasteiger partial charge in [0.25, 0.3) is 0 Å². The molecule has 7 aromatic carbocycles. The van der Waals surface area contributed by atoms with Gasteiger partial charge in [-0.15, -0.1) is 0 Å². The summed E-state index contributed by atoms with van der Waals surface area (Å²) in [5.74, 6) is 1.43. The minimum Gasteiger partial charge on any atom is -0.456 e. The molecule has 0 spiro atoms. The van der Waals surface area contributed by atoms with E-state index in [9.17, 15) is 0 Å². The Labute approximate surface area is 288 Å². The first-order chi connectivity index (χ1) is 24.8. The molecule has 0 bridgehead atoms. The van der Waals surface area contributed by atoms with Gasteiger partial charge < -0.3 is 14.3 Å². The second-order valence-electron chi connectivity index (χ2n) is 12.6. The second kappa shape index (κ2) is 11.5. The van der Waals surface area contributed by atoms with Gasteiger partial charge >= 0.3 is 0 Å². The first kappa shape index (κ1) is 28.3. The summed E-state index contributed by atoms with van der Waals surface area (Å²) in [6, 6.07) is 59.1. The molecule has 0 aliphatic carbocycles. The zero-order valence-corrected chi connectivity index (χ0v) is 27.0. The molecule has 50 heavy (non-hydrogen) atoms. The lowest BCUT2D eigenvalue weighted by molar-refractivity contribution is 0.666. The quantitative estimate of drug-likeness (QED) is 0.203. The standard InChI is InChI=1S/C45H30N4O/c1-4-15-29(16-5-1)43-46-44(30-17-6-2-7-18-30)48-45(47-43)31-27-36(42-35-22-11-13-26-39(35)50-40(42)28-31)33-23-14-25-38-41(33)34-21-10-12-24-37(34)49(38)32-19-8-3-9-20-32/h1-28,43H,(H,46,47,48). The van der Waals surface area contributed by atoms with Gasteiger partial charge in [0.15, 0.2) is 5.84 Å². The Balaban J connectivity index is 1.25. The number of aliphatic imine (C=N–C) groups is 2. The highest BCUT2D eigenvalue weighted by Crippen LogP contribution is 2.44. The predicted molar refractivity (Wildman–Crippen MR) is 205 cm³/mol. The van der Waals surface area contributed by atoms with E-state index in [2.05, 4.69) is 131 Å². The summed E-state index contributed by atoms with van der Waals surface area (Å²) in [4.78, 5) is 10.2. The Hall–Kier alpha value is -6.72. The Kier molecular flexibility index (Phi) is 6.49. The molecule has 9 aromatic rings. The van der Waals surface area contributed by atoms with Gasteiger partial charge in [-0.1, -0.05) is 127 Å². The molecule has 5 heteroatoms. The van der Waals surface area contributed by atoms with E-state index in [1.54, 1.807) is 0 Å². The Morgan fingerprint density at radius 3 is 2.02 bits per heavy atom. The molecule has 0 radical (unpaired) electrons. The third-order valence-corrected chi connectivity index (χ3v) is 9.64. The van der Waals surface area contributed by atoms with Gasteiger partial charge in [0.2, 0.25) is 0 Å². The van der Waals surface area contributed by atoms with Crippen molar-refractivity contribution < 1.29 is 4.42 Å². The van der Waals surface area contributed by atoms with Gasteiger partial charge in [-0.2, -0.15) is 0 Å². The molecule has 3 heterocycles. The molecule has 1 atom stereocenters. The molecule has 1 unspecified atom stereocenters.